The Balaban J connectivity index is 0.00000220. The lowest BCUT2D eigenvalue weighted by Crippen LogP contribution is -3.00. The van der Waals surface area contributed by atoms with Gasteiger partial charge in [-0.15, -0.1) is 9.78 Å². The minimum absolute atomic E-state index is 0. The lowest BCUT2D eigenvalue weighted by molar-refractivity contribution is -0.631. The fourth-order valence-corrected chi connectivity index (χ4v) is 1.58. The third kappa shape index (κ3) is 3.76. The molecule has 0 amide bonds. The first-order valence-electron chi connectivity index (χ1n) is 5.89. The van der Waals surface area contributed by atoms with Crippen LogP contribution in [-0.4, -0.2) is 30.6 Å². The van der Waals surface area contributed by atoms with Gasteiger partial charge in [-0.05, 0) is 23.8 Å². The molecule has 9 heteroatoms. The van der Waals surface area contributed by atoms with Crippen molar-refractivity contribution in [1.82, 2.24) is 10.2 Å². The second-order valence-electron chi connectivity index (χ2n) is 3.99. The molecular formula is C12H17ClN6O2. The first kappa shape index (κ1) is 16.6. The molecule has 1 heterocycles. The van der Waals surface area contributed by atoms with Gasteiger partial charge in [0.2, 0.25) is 5.82 Å². The molecule has 1 aromatic heterocycles. The third-order valence-corrected chi connectivity index (χ3v) is 2.70. The van der Waals surface area contributed by atoms with E-state index in [2.05, 4.69) is 20.7 Å². The van der Waals surface area contributed by atoms with Gasteiger partial charge >= 0.3 is 5.95 Å². The number of hydrazone groups is 1. The van der Waals surface area contributed by atoms with E-state index in [1.165, 1.54) is 4.68 Å². The molecule has 0 fully saturated rings. The number of anilines is 1. The van der Waals surface area contributed by atoms with Crippen LogP contribution in [-0.2, 0) is 0 Å². The van der Waals surface area contributed by atoms with Gasteiger partial charge in [0.1, 0.15) is 0 Å². The fourth-order valence-electron chi connectivity index (χ4n) is 1.58. The number of hydrogen-bond acceptors (Lipinski definition) is 6. The van der Waals surface area contributed by atoms with Crippen molar-refractivity contribution in [3.05, 3.63) is 29.6 Å². The summed E-state index contributed by atoms with van der Waals surface area (Å²) in [4.78, 5) is 0. The number of nitrogens with one attached hydrogen (secondary N) is 2. The minimum Gasteiger partial charge on any atom is -1.00 e. The van der Waals surface area contributed by atoms with Crippen molar-refractivity contribution in [3.8, 4) is 11.5 Å². The van der Waals surface area contributed by atoms with Gasteiger partial charge in [0.25, 0.3) is 0 Å². The molecule has 0 bridgehead atoms. The maximum Gasteiger partial charge on any atom is 0.421 e. The number of nitrogens with two attached hydrogens (primary N) is 1. The Morgan fingerprint density at radius 3 is 2.62 bits per heavy atom. The molecule has 0 saturated carbocycles. The summed E-state index contributed by atoms with van der Waals surface area (Å²) in [5, 5.41) is 10.7. The highest BCUT2D eigenvalue weighted by Gasteiger charge is 2.11. The number of hydrogen-bond donors (Lipinski definition) is 3. The van der Waals surface area contributed by atoms with Crippen molar-refractivity contribution < 1.29 is 26.6 Å². The number of H-pyrrole nitrogens is 1. The zero-order chi connectivity index (χ0) is 14.5. The van der Waals surface area contributed by atoms with Crippen LogP contribution in [0.5, 0.6) is 11.5 Å². The van der Waals surface area contributed by atoms with E-state index in [0.29, 0.717) is 23.3 Å². The number of rotatable bonds is 5. The predicted octanol–water partition coefficient (Wildman–Crippen LogP) is -2.81. The van der Waals surface area contributed by atoms with Gasteiger partial charge in [-0.2, -0.15) is 10.5 Å². The number of aromatic amines is 1. The Morgan fingerprint density at radius 1 is 1.33 bits per heavy atom. The molecule has 0 atom stereocenters. The molecule has 8 nitrogen and oxygen atoms in total. The second kappa shape index (κ2) is 7.34. The maximum atomic E-state index is 5.72. The quantitative estimate of drug-likeness (QED) is 0.239. The van der Waals surface area contributed by atoms with E-state index in [-0.39, 0.29) is 12.4 Å². The summed E-state index contributed by atoms with van der Waals surface area (Å²) < 4.78 is 11.7. The van der Waals surface area contributed by atoms with Crippen LogP contribution in [0.25, 0.3) is 0 Å². The topological polar surface area (TPSA) is 101 Å². The van der Waals surface area contributed by atoms with E-state index in [1.807, 2.05) is 18.2 Å². The van der Waals surface area contributed by atoms with E-state index in [9.17, 15) is 0 Å². The van der Waals surface area contributed by atoms with Crippen LogP contribution in [0.1, 0.15) is 11.4 Å². The Labute approximate surface area is 128 Å². The van der Waals surface area contributed by atoms with Crippen molar-refractivity contribution in [3.63, 3.8) is 0 Å². The zero-order valence-corrected chi connectivity index (χ0v) is 12.7. The third-order valence-electron chi connectivity index (χ3n) is 2.70. The van der Waals surface area contributed by atoms with Gasteiger partial charge in [0, 0.05) is 12.0 Å². The van der Waals surface area contributed by atoms with Crippen LogP contribution in [0, 0.1) is 6.92 Å². The number of nitrogens with zero attached hydrogens (tertiary/aromatic N) is 3. The Kier molecular flexibility index (Phi) is 5.79. The van der Waals surface area contributed by atoms with Crippen molar-refractivity contribution in [2.45, 2.75) is 6.92 Å². The Morgan fingerprint density at radius 2 is 2.05 bits per heavy atom. The van der Waals surface area contributed by atoms with E-state index in [0.717, 1.165) is 5.56 Å². The summed E-state index contributed by atoms with van der Waals surface area (Å²) >= 11 is 0. The van der Waals surface area contributed by atoms with Gasteiger partial charge in [0.05, 0.1) is 20.4 Å². The molecule has 0 aliphatic heterocycles. The van der Waals surface area contributed by atoms with Gasteiger partial charge in [-0.3, -0.25) is 5.84 Å². The van der Waals surface area contributed by atoms with E-state index >= 15 is 0 Å². The molecule has 0 aliphatic rings. The van der Waals surface area contributed by atoms with Crippen molar-refractivity contribution in [2.24, 2.45) is 5.10 Å². The highest BCUT2D eigenvalue weighted by Crippen LogP contribution is 2.26. The summed E-state index contributed by atoms with van der Waals surface area (Å²) in [7, 11) is 3.17. The zero-order valence-electron chi connectivity index (χ0n) is 11.9. The molecule has 0 saturated heterocycles. The predicted molar refractivity (Wildman–Crippen MR) is 74.4 cm³/mol. The average molecular weight is 313 g/mol. The SMILES string of the molecule is COc1ccc(/C=N/Nc2n[nH]c(C)[n+]2N)cc1OC.[Cl-]. The van der Waals surface area contributed by atoms with Crippen LogP contribution < -0.4 is 37.8 Å². The Hall–Kier alpha value is -2.48. The molecule has 21 heavy (non-hydrogen) atoms. The van der Waals surface area contributed by atoms with Gasteiger partial charge in [0.15, 0.2) is 11.5 Å². The second-order valence-corrected chi connectivity index (χ2v) is 3.99. The monoisotopic (exact) mass is 312 g/mol. The first-order valence-corrected chi connectivity index (χ1v) is 5.89. The molecule has 0 spiro atoms. The van der Waals surface area contributed by atoms with Crippen molar-refractivity contribution in [1.29, 1.82) is 0 Å². The van der Waals surface area contributed by atoms with Crippen LogP contribution in [0.2, 0.25) is 0 Å². The molecule has 1 aromatic carbocycles. The standard InChI is InChI=1S/C12H16N6O2.ClH/c1-8-15-17-12(18(8)13)16-14-7-9-4-5-10(19-2)11(6-9)20-3;/h4-7H,13H2,1-3H3,(H,16,17);1H/b14-7+;. The number of ether oxygens (including phenoxy) is 2. The number of nitrogen functional groups attached to an aromatic ring is 1. The largest absolute Gasteiger partial charge is 1.00 e. The Bertz CT molecular complexity index is 628. The average Bonchev–Trinajstić information content (AvgIpc) is 2.79. The molecule has 114 valence electrons. The highest BCUT2D eigenvalue weighted by atomic mass is 35.5. The van der Waals surface area contributed by atoms with Crippen LogP contribution in [0.3, 0.4) is 0 Å². The lowest BCUT2D eigenvalue weighted by atomic mass is 10.2. The van der Waals surface area contributed by atoms with Crippen LogP contribution >= 0.6 is 0 Å². The normalized spacial score (nSPS) is 10.2. The summed E-state index contributed by atoms with van der Waals surface area (Å²) in [6.07, 6.45) is 1.63. The summed E-state index contributed by atoms with van der Waals surface area (Å²) in [5.74, 6) is 8.15. The van der Waals surface area contributed by atoms with Crippen LogP contribution in [0.4, 0.5) is 5.95 Å². The summed E-state index contributed by atoms with van der Waals surface area (Å²) in [6, 6.07) is 5.48. The van der Waals surface area contributed by atoms with Crippen LogP contribution in [0.15, 0.2) is 23.3 Å². The van der Waals surface area contributed by atoms with Crippen molar-refractivity contribution >= 4 is 12.2 Å². The molecule has 4 N–H and O–H groups in total. The first-order chi connectivity index (χ1) is 9.65. The molecule has 2 aromatic rings. The van der Waals surface area contributed by atoms with Crippen molar-refractivity contribution in [2.75, 3.05) is 25.5 Å². The molecule has 0 aliphatic carbocycles. The molecule has 0 unspecified atom stereocenters. The molecule has 2 rings (SSSR count). The van der Waals surface area contributed by atoms with Gasteiger partial charge < -0.3 is 21.9 Å². The number of aromatic nitrogens is 3. The van der Waals surface area contributed by atoms with E-state index in [1.54, 1.807) is 27.4 Å². The number of halogens is 1. The number of benzene rings is 1. The maximum absolute atomic E-state index is 5.72. The van der Waals surface area contributed by atoms with E-state index in [4.69, 9.17) is 15.3 Å². The molecular weight excluding hydrogens is 296 g/mol. The van der Waals surface area contributed by atoms with E-state index < -0.39 is 0 Å². The smallest absolute Gasteiger partial charge is 0.421 e. The summed E-state index contributed by atoms with van der Waals surface area (Å²) in [5.41, 5.74) is 3.59. The number of aryl methyl sites for hydroxylation is 1. The molecule has 0 radical (unpaired) electrons. The van der Waals surface area contributed by atoms with Gasteiger partial charge in [-0.25, -0.2) is 0 Å². The number of methoxy groups -OCH3 is 2. The van der Waals surface area contributed by atoms with Gasteiger partial charge in [-0.1, -0.05) is 0 Å². The highest BCUT2D eigenvalue weighted by molar-refractivity contribution is 5.81. The fraction of sp³-hybridized carbons (Fsp3) is 0.250. The minimum atomic E-state index is 0. The lowest BCUT2D eigenvalue weighted by Gasteiger charge is -2.07. The summed E-state index contributed by atoms with van der Waals surface area (Å²) in [6.45, 7) is 1.80.